The summed E-state index contributed by atoms with van der Waals surface area (Å²) in [6.45, 7) is 0.629. The lowest BCUT2D eigenvalue weighted by Gasteiger charge is -2.12. The van der Waals surface area contributed by atoms with E-state index in [0.717, 1.165) is 16.5 Å². The number of pyridine rings is 1. The molecule has 4 rings (SSSR count). The first-order valence-electron chi connectivity index (χ1n) is 9.78. The maximum atomic E-state index is 12.4. The smallest absolute Gasteiger partial charge is 0.319 e. The molecule has 0 aliphatic carbocycles. The molecule has 0 radical (unpaired) electrons. The summed E-state index contributed by atoms with van der Waals surface area (Å²) in [4.78, 5) is 30.2. The summed E-state index contributed by atoms with van der Waals surface area (Å²) in [6, 6.07) is 12.8. The lowest BCUT2D eigenvalue weighted by atomic mass is 10.2. The van der Waals surface area contributed by atoms with Crippen LogP contribution in [0.25, 0.3) is 16.7 Å². The van der Waals surface area contributed by atoms with Crippen molar-refractivity contribution in [2.75, 3.05) is 19.4 Å². The number of nitrogens with one attached hydrogen (secondary N) is 2. The number of hydrogen-bond acceptors (Lipinski definition) is 4. The number of nitrogens with zero attached hydrogens (tertiary/aromatic N) is 5. The zero-order chi connectivity index (χ0) is 21.8. The van der Waals surface area contributed by atoms with Crippen molar-refractivity contribution in [3.63, 3.8) is 0 Å². The Kier molecular flexibility index (Phi) is 5.65. The third-order valence-electron chi connectivity index (χ3n) is 4.84. The van der Waals surface area contributed by atoms with Crippen LogP contribution in [0.3, 0.4) is 0 Å². The molecule has 1 aromatic carbocycles. The van der Waals surface area contributed by atoms with E-state index in [9.17, 15) is 9.59 Å². The first kappa shape index (κ1) is 20.1. The number of carbonyl (C=O) groups is 2. The zero-order valence-electron chi connectivity index (χ0n) is 17.3. The summed E-state index contributed by atoms with van der Waals surface area (Å²) in [5, 5.41) is 10.8. The normalized spacial score (nSPS) is 10.8. The average Bonchev–Trinajstić information content (AvgIpc) is 3.43. The molecule has 0 spiro atoms. The van der Waals surface area contributed by atoms with E-state index in [0.29, 0.717) is 18.1 Å². The van der Waals surface area contributed by atoms with Crippen molar-refractivity contribution >= 4 is 28.5 Å². The van der Waals surface area contributed by atoms with Gasteiger partial charge < -0.3 is 20.1 Å². The molecule has 2 N–H and O–H groups in total. The highest BCUT2D eigenvalue weighted by Crippen LogP contribution is 2.20. The van der Waals surface area contributed by atoms with Gasteiger partial charge in [-0.25, -0.2) is 14.5 Å². The summed E-state index contributed by atoms with van der Waals surface area (Å²) in [6.07, 6.45) is 7.05. The number of carbonyl (C=O) groups excluding carboxylic acids is 2. The highest BCUT2D eigenvalue weighted by molar-refractivity contribution is 5.93. The molecule has 9 heteroatoms. The molecule has 9 nitrogen and oxygen atoms in total. The van der Waals surface area contributed by atoms with Gasteiger partial charge in [-0.15, -0.1) is 0 Å². The Morgan fingerprint density at radius 2 is 1.94 bits per heavy atom. The summed E-state index contributed by atoms with van der Waals surface area (Å²) < 4.78 is 3.55. The van der Waals surface area contributed by atoms with Gasteiger partial charge in [-0.3, -0.25) is 4.79 Å². The van der Waals surface area contributed by atoms with E-state index in [1.54, 1.807) is 36.1 Å². The molecule has 3 amide bonds. The summed E-state index contributed by atoms with van der Waals surface area (Å²) in [5.41, 5.74) is 2.52. The second kappa shape index (κ2) is 8.70. The lowest BCUT2D eigenvalue weighted by Crippen LogP contribution is -2.28. The van der Waals surface area contributed by atoms with Crippen LogP contribution < -0.4 is 10.6 Å². The van der Waals surface area contributed by atoms with Crippen LogP contribution in [0.5, 0.6) is 0 Å². The van der Waals surface area contributed by atoms with Crippen LogP contribution in [0.4, 0.5) is 10.5 Å². The number of amides is 3. The fourth-order valence-electron chi connectivity index (χ4n) is 3.16. The van der Waals surface area contributed by atoms with Gasteiger partial charge in [0.25, 0.3) is 0 Å². The van der Waals surface area contributed by atoms with Crippen molar-refractivity contribution in [1.82, 2.24) is 29.5 Å². The standard InChI is InChI=1S/C22H23N7O2/c1-27(2)21(30)15-28-11-7-17-13-18(4-5-19(17)28)26-22(31)24-14-16-6-9-23-20(12-16)29-10-3-8-25-29/h3-13H,14-15H2,1-2H3,(H2,24,26,31). The minimum absolute atomic E-state index is 0.0194. The average molecular weight is 417 g/mol. The quantitative estimate of drug-likeness (QED) is 0.504. The molecule has 0 saturated heterocycles. The van der Waals surface area contributed by atoms with Crippen molar-refractivity contribution in [2.45, 2.75) is 13.1 Å². The number of anilines is 1. The number of hydrogen-bond donors (Lipinski definition) is 2. The van der Waals surface area contributed by atoms with Gasteiger partial charge >= 0.3 is 6.03 Å². The van der Waals surface area contributed by atoms with E-state index in [2.05, 4.69) is 20.7 Å². The fourth-order valence-corrected chi connectivity index (χ4v) is 3.16. The largest absolute Gasteiger partial charge is 0.347 e. The highest BCUT2D eigenvalue weighted by atomic mass is 16.2. The minimum atomic E-state index is -0.306. The van der Waals surface area contributed by atoms with E-state index < -0.39 is 0 Å². The van der Waals surface area contributed by atoms with Crippen LogP contribution in [-0.4, -0.2) is 50.3 Å². The van der Waals surface area contributed by atoms with Crippen molar-refractivity contribution in [1.29, 1.82) is 0 Å². The maximum Gasteiger partial charge on any atom is 0.319 e. The van der Waals surface area contributed by atoms with Gasteiger partial charge in [-0.05, 0) is 48.0 Å². The molecule has 0 aliphatic rings. The molecule has 0 bridgehead atoms. The van der Waals surface area contributed by atoms with Gasteiger partial charge in [0.15, 0.2) is 5.82 Å². The Labute approximate surface area is 179 Å². The van der Waals surface area contributed by atoms with E-state index in [1.807, 2.05) is 59.4 Å². The predicted molar refractivity (Wildman–Crippen MR) is 118 cm³/mol. The van der Waals surface area contributed by atoms with Gasteiger partial charge in [-0.2, -0.15) is 5.10 Å². The van der Waals surface area contributed by atoms with Crippen LogP contribution in [-0.2, 0) is 17.9 Å². The molecule has 0 aliphatic heterocycles. The molecule has 3 aromatic heterocycles. The van der Waals surface area contributed by atoms with E-state index in [4.69, 9.17) is 0 Å². The highest BCUT2D eigenvalue weighted by Gasteiger charge is 2.09. The molecule has 3 heterocycles. The molecule has 158 valence electrons. The SMILES string of the molecule is CN(C)C(=O)Cn1ccc2cc(NC(=O)NCc3ccnc(-n4cccn4)c3)ccc21. The monoisotopic (exact) mass is 417 g/mol. The van der Waals surface area contributed by atoms with E-state index in [-0.39, 0.29) is 18.5 Å². The molecule has 0 saturated carbocycles. The van der Waals surface area contributed by atoms with Crippen LogP contribution >= 0.6 is 0 Å². The Morgan fingerprint density at radius 1 is 1.06 bits per heavy atom. The molecule has 0 atom stereocenters. The lowest BCUT2D eigenvalue weighted by molar-refractivity contribution is -0.129. The van der Waals surface area contributed by atoms with Crippen molar-refractivity contribution in [3.05, 3.63) is 72.8 Å². The minimum Gasteiger partial charge on any atom is -0.347 e. The molecular formula is C22H23N7O2. The number of aromatic nitrogens is 4. The molecule has 31 heavy (non-hydrogen) atoms. The Bertz CT molecular complexity index is 1210. The number of benzene rings is 1. The van der Waals surface area contributed by atoms with Gasteiger partial charge in [-0.1, -0.05) is 0 Å². The van der Waals surface area contributed by atoms with Gasteiger partial charge in [0.2, 0.25) is 5.91 Å². The third-order valence-corrected chi connectivity index (χ3v) is 4.84. The van der Waals surface area contributed by atoms with Gasteiger partial charge in [0.1, 0.15) is 6.54 Å². The van der Waals surface area contributed by atoms with Crippen molar-refractivity contribution < 1.29 is 9.59 Å². The third kappa shape index (κ3) is 4.72. The maximum absolute atomic E-state index is 12.4. The van der Waals surface area contributed by atoms with Crippen LogP contribution in [0.1, 0.15) is 5.56 Å². The topological polar surface area (TPSA) is 97.1 Å². The number of likely N-dealkylation sites (N-methyl/N-ethyl adjacent to an activating group) is 1. The van der Waals surface area contributed by atoms with Crippen molar-refractivity contribution in [2.24, 2.45) is 0 Å². The van der Waals surface area contributed by atoms with Crippen LogP contribution in [0, 0.1) is 0 Å². The Hall–Kier alpha value is -4.14. The first-order chi connectivity index (χ1) is 15.0. The predicted octanol–water partition coefficient (Wildman–Crippen LogP) is 2.63. The molecule has 4 aromatic rings. The van der Waals surface area contributed by atoms with Gasteiger partial charge in [0.05, 0.1) is 0 Å². The molecular weight excluding hydrogens is 394 g/mol. The Balaban J connectivity index is 1.37. The Morgan fingerprint density at radius 3 is 2.71 bits per heavy atom. The van der Waals surface area contributed by atoms with Gasteiger partial charge in [0, 0.05) is 62.0 Å². The number of fused-ring (bicyclic) bond motifs is 1. The zero-order valence-corrected chi connectivity index (χ0v) is 17.3. The van der Waals surface area contributed by atoms with E-state index >= 15 is 0 Å². The molecule has 0 fully saturated rings. The van der Waals surface area contributed by atoms with Crippen LogP contribution in [0.15, 0.2) is 67.3 Å². The number of urea groups is 1. The summed E-state index contributed by atoms with van der Waals surface area (Å²) in [7, 11) is 3.47. The first-order valence-corrected chi connectivity index (χ1v) is 9.78. The van der Waals surface area contributed by atoms with E-state index in [1.165, 1.54) is 0 Å². The second-order valence-corrected chi connectivity index (χ2v) is 7.29. The molecule has 0 unspecified atom stereocenters. The number of rotatable bonds is 6. The second-order valence-electron chi connectivity index (χ2n) is 7.29. The van der Waals surface area contributed by atoms with Crippen LogP contribution in [0.2, 0.25) is 0 Å². The van der Waals surface area contributed by atoms with Crippen molar-refractivity contribution in [3.8, 4) is 5.82 Å². The fraction of sp³-hybridized carbons (Fsp3) is 0.182. The summed E-state index contributed by atoms with van der Waals surface area (Å²) >= 11 is 0. The summed E-state index contributed by atoms with van der Waals surface area (Å²) in [5.74, 6) is 0.707.